The maximum atomic E-state index is 11.8. The fraction of sp³-hybridized carbons (Fsp3) is 0.615. The number of hydrogen-bond acceptors (Lipinski definition) is 4. The van der Waals surface area contributed by atoms with Crippen LogP contribution in [-0.4, -0.2) is 20.9 Å². The van der Waals surface area contributed by atoms with Crippen molar-refractivity contribution >= 4 is 37.0 Å². The molecule has 1 amide bonds. The average Bonchev–Trinajstić information content (AvgIpc) is 2.87. The fourth-order valence-electron chi connectivity index (χ4n) is 1.77. The smallest absolute Gasteiger partial charge is 0.270 e. The summed E-state index contributed by atoms with van der Waals surface area (Å²) in [5.41, 5.74) is 0.347. The number of carbonyl (C=O) groups is 1. The van der Waals surface area contributed by atoms with Gasteiger partial charge in [-0.05, 0) is 12.5 Å². The lowest BCUT2D eigenvalue weighted by atomic mass is 10.1. The van der Waals surface area contributed by atoms with Crippen molar-refractivity contribution in [1.29, 1.82) is 0 Å². The van der Waals surface area contributed by atoms with Crippen LogP contribution in [0, 0.1) is 0 Å². The van der Waals surface area contributed by atoms with E-state index in [9.17, 15) is 13.2 Å². The summed E-state index contributed by atoms with van der Waals surface area (Å²) < 4.78 is 22.2. The van der Waals surface area contributed by atoms with Crippen LogP contribution in [0.3, 0.4) is 0 Å². The molecule has 0 spiro atoms. The number of carbonyl (C=O) groups excluding carboxylic acids is 1. The van der Waals surface area contributed by atoms with Gasteiger partial charge in [-0.25, -0.2) is 8.42 Å². The molecule has 0 aromatic carbocycles. The van der Waals surface area contributed by atoms with Crippen molar-refractivity contribution in [3.8, 4) is 0 Å². The zero-order valence-electron chi connectivity index (χ0n) is 11.5. The minimum absolute atomic E-state index is 0.00359. The van der Waals surface area contributed by atoms with Crippen molar-refractivity contribution < 1.29 is 13.2 Å². The monoisotopic (exact) mass is 337 g/mol. The normalized spacial score (nSPS) is 11.5. The van der Waals surface area contributed by atoms with Crippen LogP contribution >= 0.6 is 22.0 Å². The second-order valence-corrected chi connectivity index (χ2v) is 8.32. The van der Waals surface area contributed by atoms with E-state index in [1.165, 1.54) is 37.1 Å². The second-order valence-electron chi connectivity index (χ2n) is 4.62. The summed E-state index contributed by atoms with van der Waals surface area (Å²) >= 11 is 0.957. The molecule has 0 saturated heterocycles. The van der Waals surface area contributed by atoms with Crippen LogP contribution < -0.4 is 5.32 Å². The molecule has 0 bridgehead atoms. The Labute approximate surface area is 129 Å². The first-order valence-electron chi connectivity index (χ1n) is 6.76. The largest absolute Gasteiger partial charge is 0.352 e. The van der Waals surface area contributed by atoms with Crippen molar-refractivity contribution in [3.05, 3.63) is 17.0 Å². The van der Waals surface area contributed by atoms with E-state index in [0.717, 1.165) is 24.2 Å². The number of unbranched alkanes of at least 4 members (excludes halogenated alkanes) is 5. The Kier molecular flexibility index (Phi) is 7.55. The van der Waals surface area contributed by atoms with E-state index < -0.39 is 9.05 Å². The SMILES string of the molecule is CCCCCCCCNC(=O)c1csc(S(=O)(=O)Cl)c1. The van der Waals surface area contributed by atoms with Crippen molar-refractivity contribution in [2.24, 2.45) is 0 Å². The van der Waals surface area contributed by atoms with Gasteiger partial charge < -0.3 is 5.32 Å². The van der Waals surface area contributed by atoms with Crippen molar-refractivity contribution in [2.45, 2.75) is 49.7 Å². The predicted octanol–water partition coefficient (Wildman–Crippen LogP) is 3.77. The number of hydrogen-bond donors (Lipinski definition) is 1. The Bertz CT molecular complexity index is 525. The summed E-state index contributed by atoms with van der Waals surface area (Å²) in [6, 6.07) is 1.31. The van der Waals surface area contributed by atoms with E-state index in [0.29, 0.717) is 12.1 Å². The van der Waals surface area contributed by atoms with Crippen LogP contribution in [0.4, 0.5) is 0 Å². The van der Waals surface area contributed by atoms with Gasteiger partial charge in [0.1, 0.15) is 4.21 Å². The first-order chi connectivity index (χ1) is 9.45. The third-order valence-corrected chi connectivity index (χ3v) is 5.93. The summed E-state index contributed by atoms with van der Waals surface area (Å²) in [5, 5.41) is 4.29. The highest BCUT2D eigenvalue weighted by molar-refractivity contribution is 8.15. The third kappa shape index (κ3) is 6.24. The standard InChI is InChI=1S/C13H20ClNO3S2/c1-2-3-4-5-6-7-8-15-13(16)11-9-12(19-10-11)20(14,17)18/h9-10H,2-8H2,1H3,(H,15,16). The molecule has 0 aliphatic carbocycles. The molecule has 0 aliphatic heterocycles. The highest BCUT2D eigenvalue weighted by Gasteiger charge is 2.16. The Morgan fingerprint density at radius 1 is 1.25 bits per heavy atom. The molecule has 1 rings (SSSR count). The zero-order valence-corrected chi connectivity index (χ0v) is 13.9. The highest BCUT2D eigenvalue weighted by atomic mass is 35.7. The molecule has 0 unspecified atom stereocenters. The Hall–Kier alpha value is -0.590. The summed E-state index contributed by atoms with van der Waals surface area (Å²) in [5.74, 6) is -0.249. The molecule has 0 aliphatic rings. The number of nitrogens with one attached hydrogen (secondary N) is 1. The molecule has 20 heavy (non-hydrogen) atoms. The van der Waals surface area contributed by atoms with Gasteiger partial charge in [0.15, 0.2) is 0 Å². The number of halogens is 1. The van der Waals surface area contributed by atoms with Gasteiger partial charge in [0.2, 0.25) is 0 Å². The molecular weight excluding hydrogens is 318 g/mol. The maximum Gasteiger partial charge on any atom is 0.270 e. The van der Waals surface area contributed by atoms with Crippen molar-refractivity contribution in [3.63, 3.8) is 0 Å². The molecule has 0 atom stereocenters. The first kappa shape index (κ1) is 17.5. The van der Waals surface area contributed by atoms with Crippen LogP contribution in [0.5, 0.6) is 0 Å². The lowest BCUT2D eigenvalue weighted by Crippen LogP contribution is -2.23. The third-order valence-electron chi connectivity index (χ3n) is 2.89. The molecule has 1 N–H and O–H groups in total. The van der Waals surface area contributed by atoms with Gasteiger partial charge in [-0.2, -0.15) is 0 Å². The number of rotatable bonds is 9. The van der Waals surface area contributed by atoms with E-state index >= 15 is 0 Å². The molecule has 114 valence electrons. The van der Waals surface area contributed by atoms with E-state index in [4.69, 9.17) is 10.7 Å². The lowest BCUT2D eigenvalue weighted by molar-refractivity contribution is 0.0953. The first-order valence-corrected chi connectivity index (χ1v) is 9.95. The summed E-state index contributed by atoms with van der Waals surface area (Å²) in [4.78, 5) is 11.8. The van der Waals surface area contributed by atoms with Gasteiger partial charge in [0.05, 0.1) is 5.56 Å². The van der Waals surface area contributed by atoms with E-state index in [1.807, 2.05) is 0 Å². The number of amides is 1. The van der Waals surface area contributed by atoms with Gasteiger partial charge in [-0.15, -0.1) is 11.3 Å². The molecular formula is C13H20ClNO3S2. The quantitative estimate of drug-likeness (QED) is 0.551. The fourth-order valence-corrected chi connectivity index (χ4v) is 3.72. The van der Waals surface area contributed by atoms with Crippen LogP contribution in [0.1, 0.15) is 55.8 Å². The van der Waals surface area contributed by atoms with Crippen LogP contribution in [-0.2, 0) is 9.05 Å². The van der Waals surface area contributed by atoms with Crippen molar-refractivity contribution in [1.82, 2.24) is 5.32 Å². The molecule has 0 radical (unpaired) electrons. The molecule has 1 aromatic heterocycles. The van der Waals surface area contributed by atoms with E-state index in [-0.39, 0.29) is 10.1 Å². The Balaban J connectivity index is 2.28. The lowest BCUT2D eigenvalue weighted by Gasteiger charge is -2.03. The topological polar surface area (TPSA) is 63.2 Å². The van der Waals surface area contributed by atoms with Crippen LogP contribution in [0.15, 0.2) is 15.7 Å². The van der Waals surface area contributed by atoms with Gasteiger partial charge in [-0.1, -0.05) is 39.0 Å². The van der Waals surface area contributed by atoms with Crippen molar-refractivity contribution in [2.75, 3.05) is 6.54 Å². The maximum absolute atomic E-state index is 11.8. The summed E-state index contributed by atoms with van der Waals surface area (Å²) in [6.45, 7) is 2.79. The predicted molar refractivity (Wildman–Crippen MR) is 83.1 cm³/mol. The Morgan fingerprint density at radius 2 is 1.90 bits per heavy atom. The van der Waals surface area contributed by atoms with Gasteiger partial charge in [0.25, 0.3) is 15.0 Å². The molecule has 1 heterocycles. The van der Waals surface area contributed by atoms with E-state index in [2.05, 4.69) is 12.2 Å². The van der Waals surface area contributed by atoms with Gasteiger partial charge in [-0.3, -0.25) is 4.79 Å². The molecule has 4 nitrogen and oxygen atoms in total. The van der Waals surface area contributed by atoms with Gasteiger partial charge in [0, 0.05) is 22.6 Å². The number of thiophene rings is 1. The minimum Gasteiger partial charge on any atom is -0.352 e. The van der Waals surface area contributed by atoms with E-state index in [1.54, 1.807) is 0 Å². The molecule has 1 aromatic rings. The van der Waals surface area contributed by atoms with Crippen LogP contribution in [0.25, 0.3) is 0 Å². The highest BCUT2D eigenvalue weighted by Crippen LogP contribution is 2.23. The Morgan fingerprint density at radius 3 is 2.50 bits per heavy atom. The average molecular weight is 338 g/mol. The molecule has 0 saturated carbocycles. The molecule has 0 fully saturated rings. The summed E-state index contributed by atoms with van der Waals surface area (Å²) in [6.07, 6.45) is 6.96. The van der Waals surface area contributed by atoms with Crippen LogP contribution in [0.2, 0.25) is 0 Å². The zero-order chi connectivity index (χ0) is 15.0. The summed E-state index contributed by atoms with van der Waals surface area (Å²) in [7, 11) is 1.47. The van der Waals surface area contributed by atoms with Gasteiger partial charge >= 0.3 is 0 Å². The minimum atomic E-state index is -3.74. The molecule has 7 heteroatoms. The second kappa shape index (κ2) is 8.64.